The van der Waals surface area contributed by atoms with E-state index < -0.39 is 0 Å². The lowest BCUT2D eigenvalue weighted by atomic mass is 9.64. The molecule has 1 saturated heterocycles. The van der Waals surface area contributed by atoms with Gasteiger partial charge in [0.2, 0.25) is 0 Å². The lowest BCUT2D eigenvalue weighted by Gasteiger charge is -2.67. The third kappa shape index (κ3) is 4.22. The minimum Gasteiger partial charge on any atom is -0.109 e. The van der Waals surface area contributed by atoms with E-state index in [1.165, 1.54) is 64.2 Å². The molecule has 0 saturated carbocycles. The van der Waals surface area contributed by atoms with E-state index in [2.05, 4.69) is 41.5 Å². The zero-order valence-corrected chi connectivity index (χ0v) is 16.1. The van der Waals surface area contributed by atoms with Crippen LogP contribution < -0.4 is 0 Å². The van der Waals surface area contributed by atoms with Crippen molar-refractivity contribution in [1.29, 1.82) is 0 Å². The summed E-state index contributed by atoms with van der Waals surface area (Å²) in [6.07, 6.45) is 14.5. The second-order valence-corrected chi connectivity index (χ2v) is 11.0. The molecule has 0 nitrogen and oxygen atoms in total. The first kappa shape index (κ1) is 18.5. The van der Waals surface area contributed by atoms with E-state index in [1.807, 2.05) is 0 Å². The highest BCUT2D eigenvalue weighted by atomic mass is 31.1. The van der Waals surface area contributed by atoms with Gasteiger partial charge in [0.25, 0.3) is 0 Å². The SMILES string of the molecule is CCCCCCCCCCCC1(C)C(C)(C)PC1(C)C. The average molecular weight is 298 g/mol. The largest absolute Gasteiger partial charge is 0.109 e. The molecule has 0 unspecified atom stereocenters. The van der Waals surface area contributed by atoms with Crippen molar-refractivity contribution in [3.8, 4) is 0 Å². The molecule has 120 valence electrons. The summed E-state index contributed by atoms with van der Waals surface area (Å²) in [4.78, 5) is 0. The fourth-order valence-corrected chi connectivity index (χ4v) is 6.99. The molecule has 0 aromatic heterocycles. The number of rotatable bonds is 10. The summed E-state index contributed by atoms with van der Waals surface area (Å²) in [6.45, 7) is 14.8. The molecule has 1 heteroatoms. The Morgan fingerprint density at radius 2 is 1.00 bits per heavy atom. The van der Waals surface area contributed by atoms with Crippen LogP contribution in [0.3, 0.4) is 0 Å². The van der Waals surface area contributed by atoms with E-state index >= 15 is 0 Å². The predicted octanol–water partition coefficient (Wildman–Crippen LogP) is 7.16. The van der Waals surface area contributed by atoms with E-state index in [4.69, 9.17) is 0 Å². The summed E-state index contributed by atoms with van der Waals surface area (Å²) in [5.74, 6) is 0. The van der Waals surface area contributed by atoms with Gasteiger partial charge < -0.3 is 0 Å². The minimum absolute atomic E-state index is 0.569. The molecule has 0 atom stereocenters. The van der Waals surface area contributed by atoms with Crippen molar-refractivity contribution < 1.29 is 0 Å². The van der Waals surface area contributed by atoms with Crippen molar-refractivity contribution in [2.75, 3.05) is 0 Å². The highest BCUT2D eigenvalue weighted by molar-refractivity contribution is 7.44. The van der Waals surface area contributed by atoms with Gasteiger partial charge >= 0.3 is 0 Å². The zero-order valence-electron chi connectivity index (χ0n) is 15.1. The van der Waals surface area contributed by atoms with E-state index in [0.717, 1.165) is 8.58 Å². The van der Waals surface area contributed by atoms with Crippen molar-refractivity contribution in [3.63, 3.8) is 0 Å². The highest BCUT2D eigenvalue weighted by Gasteiger charge is 2.61. The van der Waals surface area contributed by atoms with Gasteiger partial charge in [-0.25, -0.2) is 0 Å². The van der Waals surface area contributed by atoms with E-state index in [1.54, 1.807) is 0 Å². The summed E-state index contributed by atoms with van der Waals surface area (Å²) in [5.41, 5.74) is 0.569. The summed E-state index contributed by atoms with van der Waals surface area (Å²) < 4.78 is 0. The molecular formula is C19H39P. The Balaban J connectivity index is 2.09. The zero-order chi connectivity index (χ0) is 15.3. The lowest BCUT2D eigenvalue weighted by molar-refractivity contribution is 0.120. The molecule has 0 aliphatic carbocycles. The van der Waals surface area contributed by atoms with Crippen LogP contribution in [0.4, 0.5) is 0 Å². The molecule has 20 heavy (non-hydrogen) atoms. The second-order valence-electron chi connectivity index (χ2n) is 8.29. The molecule has 1 aliphatic rings. The maximum absolute atomic E-state index is 2.55. The smallest absolute Gasteiger partial charge is 0.0111 e. The molecule has 0 bridgehead atoms. The maximum Gasteiger partial charge on any atom is -0.0111 e. The number of hydrogen-bond donors (Lipinski definition) is 0. The third-order valence-electron chi connectivity index (χ3n) is 6.16. The Kier molecular flexibility index (Phi) is 7.04. The molecule has 0 amide bonds. The molecular weight excluding hydrogens is 259 g/mol. The third-order valence-corrected chi connectivity index (χ3v) is 8.52. The lowest BCUT2D eigenvalue weighted by Crippen LogP contribution is -2.61. The van der Waals surface area contributed by atoms with Crippen LogP contribution in [0.2, 0.25) is 0 Å². The highest BCUT2D eigenvalue weighted by Crippen LogP contribution is 2.73. The van der Waals surface area contributed by atoms with Crippen LogP contribution in [0.25, 0.3) is 0 Å². The summed E-state index contributed by atoms with van der Waals surface area (Å²) in [6, 6.07) is 0. The fourth-order valence-electron chi connectivity index (χ4n) is 4.19. The Hall–Kier alpha value is 0.430. The van der Waals surface area contributed by atoms with Gasteiger partial charge in [0.05, 0.1) is 0 Å². The summed E-state index contributed by atoms with van der Waals surface area (Å²) in [5, 5.41) is 1.16. The second kappa shape index (κ2) is 7.62. The van der Waals surface area contributed by atoms with Crippen LogP contribution in [-0.4, -0.2) is 10.3 Å². The van der Waals surface area contributed by atoms with Gasteiger partial charge in [0.15, 0.2) is 0 Å². The first-order valence-electron chi connectivity index (χ1n) is 9.06. The molecule has 0 N–H and O–H groups in total. The Bertz CT molecular complexity index is 263. The quantitative estimate of drug-likeness (QED) is 0.296. The van der Waals surface area contributed by atoms with Gasteiger partial charge in [0, 0.05) is 0 Å². The van der Waals surface area contributed by atoms with Crippen molar-refractivity contribution in [2.45, 2.75) is 116 Å². The topological polar surface area (TPSA) is 0 Å². The van der Waals surface area contributed by atoms with Gasteiger partial charge in [-0.3, -0.25) is 0 Å². The van der Waals surface area contributed by atoms with Gasteiger partial charge in [-0.15, -0.1) is 8.58 Å². The van der Waals surface area contributed by atoms with Crippen LogP contribution in [0.15, 0.2) is 0 Å². The maximum atomic E-state index is 2.55. The molecule has 0 aromatic rings. The van der Waals surface area contributed by atoms with Crippen LogP contribution >= 0.6 is 8.58 Å². The molecule has 1 heterocycles. The first-order chi connectivity index (χ1) is 9.27. The van der Waals surface area contributed by atoms with Crippen LogP contribution in [0, 0.1) is 5.41 Å². The summed E-state index contributed by atoms with van der Waals surface area (Å²) in [7, 11) is 1.14. The normalized spacial score (nSPS) is 28.5. The van der Waals surface area contributed by atoms with Crippen molar-refractivity contribution in [3.05, 3.63) is 0 Å². The van der Waals surface area contributed by atoms with E-state index in [9.17, 15) is 0 Å². The Morgan fingerprint density at radius 3 is 1.40 bits per heavy atom. The standard InChI is InChI=1S/C19H39P/c1-7-8-9-10-11-12-13-14-15-16-19(6)17(2,3)20-18(19,4)5/h20H,7-16H2,1-6H3. The van der Waals surface area contributed by atoms with Crippen molar-refractivity contribution in [1.82, 2.24) is 0 Å². The van der Waals surface area contributed by atoms with Crippen molar-refractivity contribution in [2.24, 2.45) is 5.41 Å². The molecule has 1 fully saturated rings. The molecule has 1 aliphatic heterocycles. The molecule has 0 spiro atoms. The first-order valence-corrected chi connectivity index (χ1v) is 10.1. The number of unbranched alkanes of at least 4 members (excludes halogenated alkanes) is 8. The van der Waals surface area contributed by atoms with E-state index in [0.29, 0.717) is 15.7 Å². The Labute approximate surface area is 130 Å². The predicted molar refractivity (Wildman–Crippen MR) is 96.4 cm³/mol. The van der Waals surface area contributed by atoms with Gasteiger partial charge in [-0.1, -0.05) is 99.3 Å². The monoisotopic (exact) mass is 298 g/mol. The molecule has 1 rings (SSSR count). The van der Waals surface area contributed by atoms with Crippen molar-refractivity contribution >= 4 is 8.58 Å². The average Bonchev–Trinajstić information content (AvgIpc) is 2.35. The van der Waals surface area contributed by atoms with Crippen LogP contribution in [0.1, 0.15) is 106 Å². The minimum atomic E-state index is 0.569. The summed E-state index contributed by atoms with van der Waals surface area (Å²) >= 11 is 0. The molecule has 0 radical (unpaired) electrons. The van der Waals surface area contributed by atoms with Gasteiger partial charge in [-0.05, 0) is 22.1 Å². The fraction of sp³-hybridized carbons (Fsp3) is 1.00. The van der Waals surface area contributed by atoms with Crippen LogP contribution in [0.5, 0.6) is 0 Å². The van der Waals surface area contributed by atoms with Gasteiger partial charge in [0.1, 0.15) is 0 Å². The van der Waals surface area contributed by atoms with Gasteiger partial charge in [-0.2, -0.15) is 0 Å². The van der Waals surface area contributed by atoms with E-state index in [-0.39, 0.29) is 0 Å². The van der Waals surface area contributed by atoms with Crippen LogP contribution in [-0.2, 0) is 0 Å². The number of hydrogen-bond acceptors (Lipinski definition) is 0. The Morgan fingerprint density at radius 1 is 0.600 bits per heavy atom. The molecule has 0 aromatic carbocycles.